The van der Waals surface area contributed by atoms with Crippen LogP contribution in [0.3, 0.4) is 0 Å². The predicted octanol–water partition coefficient (Wildman–Crippen LogP) is 3.83. The van der Waals surface area contributed by atoms with Crippen molar-refractivity contribution in [2.24, 2.45) is 7.05 Å². The van der Waals surface area contributed by atoms with Crippen molar-refractivity contribution in [1.82, 2.24) is 29.5 Å². The molecule has 1 aromatic carbocycles. The van der Waals surface area contributed by atoms with E-state index in [0.29, 0.717) is 18.1 Å². The van der Waals surface area contributed by atoms with Gasteiger partial charge in [0, 0.05) is 36.5 Å². The van der Waals surface area contributed by atoms with Crippen molar-refractivity contribution < 1.29 is 5.11 Å². The number of nitrogens with zero attached hydrogens (tertiary/aromatic N) is 6. The summed E-state index contributed by atoms with van der Waals surface area (Å²) in [5, 5.41) is 22.1. The molecule has 0 aliphatic heterocycles. The molecule has 0 saturated heterocycles. The second kappa shape index (κ2) is 8.92. The highest BCUT2D eigenvalue weighted by Crippen LogP contribution is 2.31. The first-order chi connectivity index (χ1) is 15.4. The van der Waals surface area contributed by atoms with Crippen LogP contribution >= 0.6 is 0 Å². The molecule has 0 amide bonds. The summed E-state index contributed by atoms with van der Waals surface area (Å²) in [4.78, 5) is 8.81. The first kappa shape index (κ1) is 21.7. The fourth-order valence-corrected chi connectivity index (χ4v) is 4.10. The van der Waals surface area contributed by atoms with Gasteiger partial charge in [-0.25, -0.2) is 14.6 Å². The van der Waals surface area contributed by atoms with E-state index in [-0.39, 0.29) is 6.61 Å². The maximum absolute atomic E-state index is 9.34. The van der Waals surface area contributed by atoms with Crippen molar-refractivity contribution in [3.63, 3.8) is 0 Å². The predicted molar refractivity (Wildman–Crippen MR) is 125 cm³/mol. The number of anilines is 2. The van der Waals surface area contributed by atoms with Gasteiger partial charge in [0.05, 0.1) is 11.4 Å². The molecule has 4 rings (SSSR count). The van der Waals surface area contributed by atoms with E-state index in [1.165, 1.54) is 11.9 Å². The number of rotatable bonds is 7. The first-order valence-electron chi connectivity index (χ1n) is 10.8. The highest BCUT2D eigenvalue weighted by molar-refractivity contribution is 5.72. The number of hydrogen-bond acceptors (Lipinski definition) is 6. The lowest BCUT2D eigenvalue weighted by Crippen LogP contribution is -2.05. The molecule has 8 heteroatoms. The van der Waals surface area contributed by atoms with Gasteiger partial charge in [-0.05, 0) is 39.2 Å². The summed E-state index contributed by atoms with van der Waals surface area (Å²) >= 11 is 0. The molecular formula is C24H29N7O. The molecule has 0 unspecified atom stereocenters. The molecule has 0 atom stereocenters. The number of benzene rings is 1. The van der Waals surface area contributed by atoms with Crippen molar-refractivity contribution in [3.8, 4) is 17.1 Å². The molecule has 0 aliphatic carbocycles. The molecule has 0 radical (unpaired) electrons. The van der Waals surface area contributed by atoms with E-state index >= 15 is 0 Å². The maximum atomic E-state index is 9.34. The Morgan fingerprint density at radius 2 is 1.75 bits per heavy atom. The monoisotopic (exact) mass is 431 g/mol. The lowest BCUT2D eigenvalue weighted by molar-refractivity contribution is 0.299. The Hall–Kier alpha value is -3.52. The average molecular weight is 432 g/mol. The molecule has 3 aromatic heterocycles. The summed E-state index contributed by atoms with van der Waals surface area (Å²) in [6, 6.07) is 10.4. The topological polar surface area (TPSA) is 93.7 Å². The standard InChI is InChI=1S/C24H29N7O/c1-6-19-23(18-9-7-15(2)8-10-18)30(5)29-24(19)27-21-13-22(26-14-25-21)31-17(4)20(11-12-32)16(3)28-31/h7-10,13-14,32H,6,11-12H2,1-5H3,(H,25,26,27,29). The summed E-state index contributed by atoms with van der Waals surface area (Å²) in [5.41, 5.74) is 7.50. The Morgan fingerprint density at radius 3 is 2.44 bits per heavy atom. The third-order valence-electron chi connectivity index (χ3n) is 5.74. The van der Waals surface area contributed by atoms with E-state index in [1.807, 2.05) is 31.6 Å². The second-order valence-corrected chi connectivity index (χ2v) is 7.94. The molecule has 166 valence electrons. The number of aliphatic hydroxyl groups excluding tert-OH is 1. The third kappa shape index (κ3) is 4.01. The lowest BCUT2D eigenvalue weighted by Gasteiger charge is -2.09. The SMILES string of the molecule is CCc1c(Nc2cc(-n3nc(C)c(CCO)c3C)ncn2)nn(C)c1-c1ccc(C)cc1. The fraction of sp³-hybridized carbons (Fsp3) is 0.333. The fourth-order valence-electron chi connectivity index (χ4n) is 4.10. The molecule has 0 saturated carbocycles. The highest BCUT2D eigenvalue weighted by Gasteiger charge is 2.18. The number of aromatic nitrogens is 6. The first-order valence-corrected chi connectivity index (χ1v) is 10.8. The molecular weight excluding hydrogens is 402 g/mol. The Morgan fingerprint density at radius 1 is 1.00 bits per heavy atom. The highest BCUT2D eigenvalue weighted by atomic mass is 16.3. The van der Waals surface area contributed by atoms with Gasteiger partial charge in [0.15, 0.2) is 11.6 Å². The summed E-state index contributed by atoms with van der Waals surface area (Å²) in [6.07, 6.45) is 2.93. The number of aryl methyl sites for hydroxylation is 3. The summed E-state index contributed by atoms with van der Waals surface area (Å²) in [7, 11) is 1.96. The molecule has 32 heavy (non-hydrogen) atoms. The van der Waals surface area contributed by atoms with Crippen LogP contribution in [0.2, 0.25) is 0 Å². The van der Waals surface area contributed by atoms with Gasteiger partial charge in [0.2, 0.25) is 0 Å². The van der Waals surface area contributed by atoms with Crippen LogP contribution in [0.1, 0.15) is 35.0 Å². The third-order valence-corrected chi connectivity index (χ3v) is 5.74. The maximum Gasteiger partial charge on any atom is 0.159 e. The number of nitrogens with one attached hydrogen (secondary N) is 1. The van der Waals surface area contributed by atoms with Gasteiger partial charge in [0.1, 0.15) is 12.1 Å². The van der Waals surface area contributed by atoms with Crippen LogP contribution in [0.25, 0.3) is 17.1 Å². The van der Waals surface area contributed by atoms with E-state index in [1.54, 1.807) is 4.68 Å². The number of hydrogen-bond donors (Lipinski definition) is 2. The van der Waals surface area contributed by atoms with Crippen molar-refractivity contribution in [3.05, 3.63) is 64.7 Å². The zero-order valence-electron chi connectivity index (χ0n) is 19.2. The van der Waals surface area contributed by atoms with Gasteiger partial charge in [-0.1, -0.05) is 36.8 Å². The van der Waals surface area contributed by atoms with Crippen molar-refractivity contribution in [2.75, 3.05) is 11.9 Å². The van der Waals surface area contributed by atoms with Crippen LogP contribution in [0.15, 0.2) is 36.7 Å². The van der Waals surface area contributed by atoms with E-state index in [2.05, 4.69) is 58.5 Å². The zero-order chi connectivity index (χ0) is 22.8. The van der Waals surface area contributed by atoms with Crippen molar-refractivity contribution in [1.29, 1.82) is 0 Å². The molecule has 8 nitrogen and oxygen atoms in total. The molecule has 2 N–H and O–H groups in total. The minimum absolute atomic E-state index is 0.0900. The quantitative estimate of drug-likeness (QED) is 0.462. The lowest BCUT2D eigenvalue weighted by atomic mass is 10.0. The minimum Gasteiger partial charge on any atom is -0.396 e. The Bertz CT molecular complexity index is 1240. The summed E-state index contributed by atoms with van der Waals surface area (Å²) in [5.74, 6) is 2.10. The van der Waals surface area contributed by atoms with Crippen LogP contribution in [0, 0.1) is 20.8 Å². The largest absolute Gasteiger partial charge is 0.396 e. The van der Waals surface area contributed by atoms with Gasteiger partial charge in [-0.3, -0.25) is 4.68 Å². The molecule has 0 spiro atoms. The van der Waals surface area contributed by atoms with E-state index in [4.69, 9.17) is 5.10 Å². The minimum atomic E-state index is 0.0900. The van der Waals surface area contributed by atoms with Gasteiger partial charge in [0.25, 0.3) is 0 Å². The molecule has 0 aliphatic rings. The van der Waals surface area contributed by atoms with E-state index < -0.39 is 0 Å². The van der Waals surface area contributed by atoms with Gasteiger partial charge in [-0.15, -0.1) is 0 Å². The van der Waals surface area contributed by atoms with Gasteiger partial charge < -0.3 is 10.4 Å². The zero-order valence-corrected chi connectivity index (χ0v) is 19.2. The van der Waals surface area contributed by atoms with Crippen molar-refractivity contribution >= 4 is 11.6 Å². The van der Waals surface area contributed by atoms with Crippen molar-refractivity contribution in [2.45, 2.75) is 40.5 Å². The smallest absolute Gasteiger partial charge is 0.159 e. The van der Waals surface area contributed by atoms with Crippen LogP contribution in [-0.2, 0) is 19.9 Å². The van der Waals surface area contributed by atoms with E-state index in [9.17, 15) is 5.11 Å². The molecule has 0 fully saturated rings. The normalized spacial score (nSPS) is 11.2. The summed E-state index contributed by atoms with van der Waals surface area (Å²) in [6.45, 7) is 8.24. The Labute approximate surface area is 188 Å². The molecule has 0 bridgehead atoms. The van der Waals surface area contributed by atoms with Gasteiger partial charge in [-0.2, -0.15) is 10.2 Å². The van der Waals surface area contributed by atoms with Crippen LogP contribution in [-0.4, -0.2) is 41.2 Å². The van der Waals surface area contributed by atoms with Crippen LogP contribution < -0.4 is 5.32 Å². The Balaban J connectivity index is 1.69. The van der Waals surface area contributed by atoms with Crippen LogP contribution in [0.4, 0.5) is 11.6 Å². The molecule has 4 aromatic rings. The summed E-state index contributed by atoms with van der Waals surface area (Å²) < 4.78 is 3.71. The van der Waals surface area contributed by atoms with Gasteiger partial charge >= 0.3 is 0 Å². The molecule has 3 heterocycles. The Kier molecular flexibility index (Phi) is 6.05. The second-order valence-electron chi connectivity index (χ2n) is 7.94. The average Bonchev–Trinajstić information content (AvgIpc) is 3.25. The van der Waals surface area contributed by atoms with Crippen LogP contribution in [0.5, 0.6) is 0 Å². The van der Waals surface area contributed by atoms with E-state index in [0.717, 1.165) is 46.0 Å². The number of aliphatic hydroxyl groups is 1.